The molecule has 4 atom stereocenters. The normalized spacial score (nSPS) is 18.0. The van der Waals surface area contributed by atoms with Gasteiger partial charge in [-0.25, -0.2) is 9.36 Å². The number of rotatable bonds is 5. The molecule has 0 heterocycles. The second-order valence-corrected chi connectivity index (χ2v) is 4.05. The second-order valence-electron chi connectivity index (χ2n) is 3.03. The van der Waals surface area contributed by atoms with Crippen molar-refractivity contribution in [3.8, 4) is 0 Å². The van der Waals surface area contributed by atoms with E-state index in [0.717, 1.165) is 0 Å². The predicted octanol–water partition coefficient (Wildman–Crippen LogP) is -4.42. The molecule has 11 nitrogen and oxygen atoms in total. The molecule has 0 spiro atoms. The minimum Gasteiger partial charge on any atom is -0.479 e. The van der Waals surface area contributed by atoms with Crippen molar-refractivity contribution >= 4 is 13.8 Å². The lowest BCUT2D eigenvalue weighted by Crippen LogP contribution is -2.48. The van der Waals surface area contributed by atoms with Gasteiger partial charge in [-0.3, -0.25) is 0 Å². The van der Waals surface area contributed by atoms with Gasteiger partial charge in [-0.05, 0) is 0 Å². The summed E-state index contributed by atoms with van der Waals surface area (Å²) in [6.07, 6.45) is -7.84. The number of carbonyl (C=O) groups is 1. The van der Waals surface area contributed by atoms with E-state index in [0.29, 0.717) is 0 Å². The summed E-state index contributed by atoms with van der Waals surface area (Å²) in [5.74, 6) is -1.73. The van der Waals surface area contributed by atoms with Crippen molar-refractivity contribution in [2.45, 2.75) is 24.4 Å². The van der Waals surface area contributed by atoms with Crippen LogP contribution >= 0.6 is 7.82 Å². The molecular formula is C6H15O11P. The fourth-order valence-electron chi connectivity index (χ4n) is 0.668. The maximum Gasteiger partial charge on any atom is 0.466 e. The van der Waals surface area contributed by atoms with E-state index in [1.165, 1.54) is 0 Å². The molecule has 9 N–H and O–H groups in total. The summed E-state index contributed by atoms with van der Waals surface area (Å²) >= 11 is 0. The highest BCUT2D eigenvalue weighted by molar-refractivity contribution is 7.45. The third kappa shape index (κ3) is 10.5. The summed E-state index contributed by atoms with van der Waals surface area (Å²) in [6, 6.07) is 0. The number of carboxylic acid groups (broad SMARTS) is 1. The van der Waals surface area contributed by atoms with Crippen LogP contribution in [0.1, 0.15) is 0 Å². The number of hydrogen-bond donors (Lipinski definition) is 9. The van der Waals surface area contributed by atoms with Gasteiger partial charge in [0.25, 0.3) is 0 Å². The van der Waals surface area contributed by atoms with Crippen LogP contribution in [0.2, 0.25) is 0 Å². The molecule has 0 aromatic heterocycles. The van der Waals surface area contributed by atoms with Crippen LogP contribution in [0.3, 0.4) is 0 Å². The first-order chi connectivity index (χ1) is 7.91. The SMILES string of the molecule is O=C(O)C(O)C(O)C(O)C(O)CO.O=P(O)(O)O. The monoisotopic (exact) mass is 294 g/mol. The Kier molecular flexibility index (Phi) is 9.28. The molecule has 0 aliphatic rings. The van der Waals surface area contributed by atoms with Crippen LogP contribution in [0, 0.1) is 0 Å². The Hall–Kier alpha value is -0.620. The van der Waals surface area contributed by atoms with E-state index < -0.39 is 44.8 Å². The average molecular weight is 294 g/mol. The van der Waals surface area contributed by atoms with E-state index >= 15 is 0 Å². The summed E-state index contributed by atoms with van der Waals surface area (Å²) in [7, 11) is -4.64. The van der Waals surface area contributed by atoms with Crippen molar-refractivity contribution in [1.29, 1.82) is 0 Å². The summed E-state index contributed by atoms with van der Waals surface area (Å²) in [4.78, 5) is 31.7. The Morgan fingerprint density at radius 3 is 1.56 bits per heavy atom. The molecule has 0 radical (unpaired) electrons. The maximum absolute atomic E-state index is 10.1. The molecular weight excluding hydrogens is 279 g/mol. The smallest absolute Gasteiger partial charge is 0.466 e. The third-order valence-corrected chi connectivity index (χ3v) is 1.51. The Bertz CT molecular complexity index is 279. The quantitative estimate of drug-likeness (QED) is 0.220. The Balaban J connectivity index is 0. The number of phosphoric acid groups is 1. The average Bonchev–Trinajstić information content (AvgIpc) is 2.22. The first-order valence-electron chi connectivity index (χ1n) is 4.26. The molecule has 110 valence electrons. The fourth-order valence-corrected chi connectivity index (χ4v) is 0.668. The van der Waals surface area contributed by atoms with Crippen LogP contribution in [0.15, 0.2) is 0 Å². The Morgan fingerprint density at radius 2 is 1.33 bits per heavy atom. The largest absolute Gasteiger partial charge is 0.479 e. The van der Waals surface area contributed by atoms with E-state index in [2.05, 4.69) is 0 Å². The second kappa shape index (κ2) is 8.48. The minimum atomic E-state index is -4.64. The van der Waals surface area contributed by atoms with Crippen LogP contribution in [0.25, 0.3) is 0 Å². The predicted molar refractivity (Wildman–Crippen MR) is 53.0 cm³/mol. The topological polar surface area (TPSA) is 216 Å². The van der Waals surface area contributed by atoms with Gasteiger partial charge in [-0.15, -0.1) is 0 Å². The van der Waals surface area contributed by atoms with Crippen molar-refractivity contribution in [3.05, 3.63) is 0 Å². The highest BCUT2D eigenvalue weighted by Gasteiger charge is 2.33. The van der Waals surface area contributed by atoms with E-state index in [9.17, 15) is 4.79 Å². The van der Waals surface area contributed by atoms with Gasteiger partial charge in [0.1, 0.15) is 18.3 Å². The van der Waals surface area contributed by atoms with Crippen molar-refractivity contribution in [2.24, 2.45) is 0 Å². The van der Waals surface area contributed by atoms with Crippen molar-refractivity contribution in [3.63, 3.8) is 0 Å². The molecule has 0 fully saturated rings. The van der Waals surface area contributed by atoms with Crippen molar-refractivity contribution < 1.29 is 54.7 Å². The van der Waals surface area contributed by atoms with Gasteiger partial charge in [0, 0.05) is 0 Å². The van der Waals surface area contributed by atoms with Crippen LogP contribution in [-0.2, 0) is 9.36 Å². The molecule has 18 heavy (non-hydrogen) atoms. The molecule has 4 unspecified atom stereocenters. The van der Waals surface area contributed by atoms with Gasteiger partial charge < -0.3 is 45.3 Å². The van der Waals surface area contributed by atoms with E-state index in [1.54, 1.807) is 0 Å². The van der Waals surface area contributed by atoms with Crippen LogP contribution in [0.4, 0.5) is 0 Å². The lowest BCUT2D eigenvalue weighted by molar-refractivity contribution is -0.164. The number of hydrogen-bond acceptors (Lipinski definition) is 7. The molecule has 12 heteroatoms. The molecule has 0 saturated carbocycles. The number of aliphatic carboxylic acids is 1. The van der Waals surface area contributed by atoms with Gasteiger partial charge in [0.15, 0.2) is 6.10 Å². The molecule has 0 aromatic rings. The molecule has 0 rings (SSSR count). The Morgan fingerprint density at radius 1 is 1.00 bits per heavy atom. The van der Waals surface area contributed by atoms with Crippen LogP contribution in [0.5, 0.6) is 0 Å². The Labute approximate surface area is 100 Å². The number of carboxylic acids is 1. The van der Waals surface area contributed by atoms with E-state index in [4.69, 9.17) is 49.9 Å². The molecule has 0 amide bonds. The zero-order valence-electron chi connectivity index (χ0n) is 8.81. The standard InChI is InChI=1S/C6H12O7.H3O4P/c7-1-2(8)3(9)4(10)5(11)6(12)13;1-5(2,3)4/h2-5,7-11H,1H2,(H,12,13);(H3,1,2,3,4). The first kappa shape index (κ1) is 19.7. The van der Waals surface area contributed by atoms with Gasteiger partial charge >= 0.3 is 13.8 Å². The first-order valence-corrected chi connectivity index (χ1v) is 5.82. The van der Waals surface area contributed by atoms with Gasteiger partial charge in [-0.1, -0.05) is 0 Å². The minimum absolute atomic E-state index is 0.843. The van der Waals surface area contributed by atoms with Crippen molar-refractivity contribution in [2.75, 3.05) is 6.61 Å². The lowest BCUT2D eigenvalue weighted by atomic mass is 10.0. The number of aliphatic hydroxyl groups excluding tert-OH is 5. The lowest BCUT2D eigenvalue weighted by Gasteiger charge is -2.23. The zero-order valence-corrected chi connectivity index (χ0v) is 9.70. The van der Waals surface area contributed by atoms with E-state index in [1.807, 2.05) is 0 Å². The maximum atomic E-state index is 10.1. The molecule has 0 aliphatic carbocycles. The van der Waals surface area contributed by atoms with Crippen LogP contribution < -0.4 is 0 Å². The van der Waals surface area contributed by atoms with Gasteiger partial charge in [-0.2, -0.15) is 0 Å². The summed E-state index contributed by atoms with van der Waals surface area (Å²) in [5, 5.41) is 51.8. The van der Waals surface area contributed by atoms with E-state index in [-0.39, 0.29) is 0 Å². The molecule has 0 bridgehead atoms. The highest BCUT2D eigenvalue weighted by atomic mass is 31.2. The summed E-state index contributed by atoms with van der Waals surface area (Å²) < 4.78 is 8.88. The van der Waals surface area contributed by atoms with Crippen molar-refractivity contribution in [1.82, 2.24) is 0 Å². The molecule has 0 saturated heterocycles. The summed E-state index contributed by atoms with van der Waals surface area (Å²) in [5.41, 5.74) is 0. The van der Waals surface area contributed by atoms with Gasteiger partial charge in [0.05, 0.1) is 6.61 Å². The third-order valence-electron chi connectivity index (χ3n) is 1.51. The summed E-state index contributed by atoms with van der Waals surface area (Å²) in [6.45, 7) is -0.843. The zero-order chi connectivity index (χ0) is 15.1. The highest BCUT2D eigenvalue weighted by Crippen LogP contribution is 2.25. The van der Waals surface area contributed by atoms with Crippen LogP contribution in [-0.4, -0.2) is 82.3 Å². The fraction of sp³-hybridized carbons (Fsp3) is 0.833. The number of aliphatic hydroxyl groups is 5. The molecule has 0 aliphatic heterocycles. The molecule has 0 aromatic carbocycles. The van der Waals surface area contributed by atoms with Gasteiger partial charge in [0.2, 0.25) is 0 Å².